The Balaban J connectivity index is 3.45. The molecular formula is C13H26O3. The van der Waals surface area contributed by atoms with E-state index in [2.05, 4.69) is 6.92 Å². The summed E-state index contributed by atoms with van der Waals surface area (Å²) in [6.45, 7) is 6.27. The number of carbonyl (C=O) groups is 1. The molecule has 0 aliphatic carbocycles. The van der Waals surface area contributed by atoms with Crippen molar-refractivity contribution in [2.45, 2.75) is 59.3 Å². The van der Waals surface area contributed by atoms with Crippen molar-refractivity contribution in [3.8, 4) is 0 Å². The van der Waals surface area contributed by atoms with Gasteiger partial charge >= 0.3 is 5.97 Å². The van der Waals surface area contributed by atoms with Crippen LogP contribution in [0.3, 0.4) is 0 Å². The minimum atomic E-state index is -0.322. The summed E-state index contributed by atoms with van der Waals surface area (Å²) in [6.07, 6.45) is 6.18. The summed E-state index contributed by atoms with van der Waals surface area (Å²) in [6, 6.07) is 0. The van der Waals surface area contributed by atoms with Crippen molar-refractivity contribution in [1.82, 2.24) is 0 Å². The van der Waals surface area contributed by atoms with E-state index in [1.807, 2.05) is 13.8 Å². The molecule has 16 heavy (non-hydrogen) atoms. The van der Waals surface area contributed by atoms with Crippen molar-refractivity contribution in [3.05, 3.63) is 0 Å². The standard InChI is InChI=1S/C13H26O3/c1-4-5-6-7-8-9-12(15)16-11-13(2,3)10-14/h14H,4-11H2,1-3H3. The average Bonchev–Trinajstić information content (AvgIpc) is 2.26. The van der Waals surface area contributed by atoms with Crippen molar-refractivity contribution in [1.29, 1.82) is 0 Å². The molecule has 0 atom stereocenters. The molecule has 0 fully saturated rings. The summed E-state index contributed by atoms with van der Waals surface area (Å²) in [4.78, 5) is 11.3. The van der Waals surface area contributed by atoms with Crippen molar-refractivity contribution < 1.29 is 14.6 Å². The van der Waals surface area contributed by atoms with Crippen molar-refractivity contribution in [3.63, 3.8) is 0 Å². The van der Waals surface area contributed by atoms with E-state index in [0.29, 0.717) is 13.0 Å². The molecule has 0 bridgehead atoms. The van der Waals surface area contributed by atoms with Gasteiger partial charge in [0.15, 0.2) is 0 Å². The minimum Gasteiger partial charge on any atom is -0.465 e. The van der Waals surface area contributed by atoms with Crippen LogP contribution < -0.4 is 0 Å². The molecule has 0 unspecified atom stereocenters. The molecule has 0 amide bonds. The molecule has 3 nitrogen and oxygen atoms in total. The smallest absolute Gasteiger partial charge is 0.305 e. The van der Waals surface area contributed by atoms with Gasteiger partial charge in [-0.2, -0.15) is 0 Å². The van der Waals surface area contributed by atoms with Gasteiger partial charge in [-0.05, 0) is 6.42 Å². The molecule has 0 heterocycles. The summed E-state index contributed by atoms with van der Waals surface area (Å²) >= 11 is 0. The fraction of sp³-hybridized carbons (Fsp3) is 0.923. The monoisotopic (exact) mass is 230 g/mol. The van der Waals surface area contributed by atoms with Gasteiger partial charge in [0.05, 0.1) is 13.2 Å². The molecule has 0 spiro atoms. The van der Waals surface area contributed by atoms with Crippen LogP contribution in [0.15, 0.2) is 0 Å². The van der Waals surface area contributed by atoms with Crippen LogP contribution in [-0.4, -0.2) is 24.3 Å². The van der Waals surface area contributed by atoms with E-state index in [1.165, 1.54) is 19.3 Å². The van der Waals surface area contributed by atoms with Crippen molar-refractivity contribution in [2.75, 3.05) is 13.2 Å². The zero-order valence-corrected chi connectivity index (χ0v) is 10.9. The Labute approximate surface area is 99.2 Å². The Morgan fingerprint density at radius 3 is 2.38 bits per heavy atom. The number of ether oxygens (including phenoxy) is 1. The number of hydrogen-bond donors (Lipinski definition) is 1. The molecule has 0 radical (unpaired) electrons. The molecule has 0 saturated heterocycles. The first kappa shape index (κ1) is 15.4. The Bertz CT molecular complexity index is 188. The first-order valence-corrected chi connectivity index (χ1v) is 6.28. The molecule has 0 rings (SSSR count). The zero-order chi connectivity index (χ0) is 12.4. The largest absolute Gasteiger partial charge is 0.465 e. The number of aliphatic hydroxyl groups is 1. The zero-order valence-electron chi connectivity index (χ0n) is 10.9. The molecule has 96 valence electrons. The molecule has 0 aromatic carbocycles. The Kier molecular flexibility index (Phi) is 8.26. The maximum absolute atomic E-state index is 11.3. The van der Waals surface area contributed by atoms with E-state index < -0.39 is 0 Å². The highest BCUT2D eigenvalue weighted by Gasteiger charge is 2.18. The van der Waals surface area contributed by atoms with Gasteiger partial charge < -0.3 is 9.84 Å². The lowest BCUT2D eigenvalue weighted by Crippen LogP contribution is -2.25. The summed E-state index contributed by atoms with van der Waals surface area (Å²) in [5.41, 5.74) is -0.322. The van der Waals surface area contributed by atoms with E-state index >= 15 is 0 Å². The second-order valence-electron chi connectivity index (χ2n) is 5.15. The number of hydrogen-bond acceptors (Lipinski definition) is 3. The maximum Gasteiger partial charge on any atom is 0.305 e. The number of unbranched alkanes of at least 4 members (excludes halogenated alkanes) is 4. The first-order valence-electron chi connectivity index (χ1n) is 6.28. The van der Waals surface area contributed by atoms with Crippen LogP contribution in [0, 0.1) is 5.41 Å². The molecule has 0 aromatic rings. The van der Waals surface area contributed by atoms with Crippen LogP contribution in [-0.2, 0) is 9.53 Å². The minimum absolute atomic E-state index is 0.0385. The summed E-state index contributed by atoms with van der Waals surface area (Å²) in [5, 5.41) is 8.99. The number of esters is 1. The van der Waals surface area contributed by atoms with E-state index in [9.17, 15) is 4.79 Å². The summed E-state index contributed by atoms with van der Waals surface area (Å²) in [7, 11) is 0. The highest BCUT2D eigenvalue weighted by Crippen LogP contribution is 2.14. The Morgan fingerprint density at radius 1 is 1.19 bits per heavy atom. The number of rotatable bonds is 9. The van der Waals surface area contributed by atoms with Gasteiger partial charge in [0, 0.05) is 11.8 Å². The average molecular weight is 230 g/mol. The van der Waals surface area contributed by atoms with Gasteiger partial charge in [-0.1, -0.05) is 46.5 Å². The lowest BCUT2D eigenvalue weighted by atomic mass is 9.97. The third kappa shape index (κ3) is 8.72. The highest BCUT2D eigenvalue weighted by molar-refractivity contribution is 5.69. The predicted molar refractivity (Wildman–Crippen MR) is 65.2 cm³/mol. The quantitative estimate of drug-likeness (QED) is 0.489. The molecule has 0 aromatic heterocycles. The fourth-order valence-corrected chi connectivity index (χ4v) is 1.27. The summed E-state index contributed by atoms with van der Waals surface area (Å²) < 4.78 is 5.11. The van der Waals surface area contributed by atoms with E-state index in [4.69, 9.17) is 9.84 Å². The second-order valence-corrected chi connectivity index (χ2v) is 5.15. The number of carbonyl (C=O) groups excluding carboxylic acids is 1. The predicted octanol–water partition coefficient (Wildman–Crippen LogP) is 2.91. The Morgan fingerprint density at radius 2 is 1.81 bits per heavy atom. The molecule has 0 saturated carbocycles. The van der Waals surface area contributed by atoms with Gasteiger partial charge in [-0.25, -0.2) is 0 Å². The molecular weight excluding hydrogens is 204 g/mol. The topological polar surface area (TPSA) is 46.5 Å². The van der Waals surface area contributed by atoms with Gasteiger partial charge in [0.2, 0.25) is 0 Å². The van der Waals surface area contributed by atoms with E-state index in [1.54, 1.807) is 0 Å². The van der Waals surface area contributed by atoms with Gasteiger partial charge in [-0.3, -0.25) is 4.79 Å². The number of aliphatic hydroxyl groups excluding tert-OH is 1. The van der Waals surface area contributed by atoms with Crippen LogP contribution in [0.25, 0.3) is 0 Å². The van der Waals surface area contributed by atoms with Crippen LogP contribution in [0.2, 0.25) is 0 Å². The van der Waals surface area contributed by atoms with Crippen molar-refractivity contribution >= 4 is 5.97 Å². The fourth-order valence-electron chi connectivity index (χ4n) is 1.27. The molecule has 1 N–H and O–H groups in total. The molecule has 3 heteroatoms. The van der Waals surface area contributed by atoms with Crippen LogP contribution in [0.1, 0.15) is 59.3 Å². The lowest BCUT2D eigenvalue weighted by molar-refractivity contribution is -0.147. The van der Waals surface area contributed by atoms with Gasteiger partial charge in [-0.15, -0.1) is 0 Å². The normalized spacial score (nSPS) is 11.5. The van der Waals surface area contributed by atoms with Crippen molar-refractivity contribution in [2.24, 2.45) is 5.41 Å². The van der Waals surface area contributed by atoms with Gasteiger partial charge in [0.25, 0.3) is 0 Å². The van der Waals surface area contributed by atoms with Crippen LogP contribution in [0.4, 0.5) is 0 Å². The lowest BCUT2D eigenvalue weighted by Gasteiger charge is -2.20. The van der Waals surface area contributed by atoms with E-state index in [0.717, 1.165) is 12.8 Å². The third-order valence-corrected chi connectivity index (χ3v) is 2.54. The second kappa shape index (κ2) is 8.57. The first-order chi connectivity index (χ1) is 7.52. The molecule has 0 aliphatic heterocycles. The molecule has 0 aliphatic rings. The SMILES string of the molecule is CCCCCCCC(=O)OCC(C)(C)CO. The Hall–Kier alpha value is -0.570. The maximum atomic E-state index is 11.3. The van der Waals surface area contributed by atoms with Crippen LogP contribution in [0.5, 0.6) is 0 Å². The van der Waals surface area contributed by atoms with E-state index in [-0.39, 0.29) is 18.0 Å². The summed E-state index contributed by atoms with van der Waals surface area (Å²) in [5.74, 6) is -0.141. The highest BCUT2D eigenvalue weighted by atomic mass is 16.5. The van der Waals surface area contributed by atoms with Crippen LogP contribution >= 0.6 is 0 Å². The van der Waals surface area contributed by atoms with Gasteiger partial charge in [0.1, 0.15) is 0 Å². The third-order valence-electron chi connectivity index (χ3n) is 2.54.